The summed E-state index contributed by atoms with van der Waals surface area (Å²) in [5.74, 6) is 0.705. The lowest BCUT2D eigenvalue weighted by molar-refractivity contribution is 0.0383. The first-order chi connectivity index (χ1) is 14.7. The van der Waals surface area contributed by atoms with E-state index in [1.165, 1.54) is 0 Å². The van der Waals surface area contributed by atoms with Gasteiger partial charge in [0.1, 0.15) is 12.4 Å². The molecule has 7 nitrogen and oxygen atoms in total. The van der Waals surface area contributed by atoms with E-state index in [0.29, 0.717) is 30.3 Å². The van der Waals surface area contributed by atoms with Crippen LogP contribution in [0, 0.1) is 0 Å². The maximum Gasteiger partial charge on any atom is 0.251 e. The predicted molar refractivity (Wildman–Crippen MR) is 116 cm³/mol. The number of aromatic nitrogens is 2. The number of halogens is 1. The first-order valence-electron chi connectivity index (χ1n) is 10.1. The van der Waals surface area contributed by atoms with Gasteiger partial charge in [0.15, 0.2) is 0 Å². The smallest absolute Gasteiger partial charge is 0.251 e. The van der Waals surface area contributed by atoms with Crippen molar-refractivity contribution in [3.8, 4) is 5.75 Å². The highest BCUT2D eigenvalue weighted by Gasteiger charge is 2.12. The van der Waals surface area contributed by atoms with Crippen LogP contribution < -0.4 is 10.1 Å². The molecule has 1 fully saturated rings. The summed E-state index contributed by atoms with van der Waals surface area (Å²) in [6, 6.07) is 12.8. The maximum atomic E-state index is 12.5. The zero-order valence-corrected chi connectivity index (χ0v) is 17.5. The van der Waals surface area contributed by atoms with Crippen LogP contribution in [0.15, 0.2) is 48.7 Å². The van der Waals surface area contributed by atoms with Crippen molar-refractivity contribution in [2.75, 3.05) is 46.0 Å². The lowest BCUT2D eigenvalue weighted by atomic mass is 10.1. The standard InChI is InChI=1S/C22H25ClN4O3/c23-19-2-4-20(5-3-19)30-14-11-27-16-18-15-17(1-6-21(18)25-27)22(28)24-7-8-26-9-12-29-13-10-26/h1-6,15-16H,7-14H2,(H,24,28). The zero-order chi connectivity index (χ0) is 20.8. The molecule has 0 unspecified atom stereocenters. The van der Waals surface area contributed by atoms with E-state index in [9.17, 15) is 4.79 Å². The number of nitrogens with one attached hydrogen (secondary N) is 1. The van der Waals surface area contributed by atoms with E-state index in [1.807, 2.05) is 41.2 Å². The molecule has 158 valence electrons. The highest BCUT2D eigenvalue weighted by molar-refractivity contribution is 6.30. The summed E-state index contributed by atoms with van der Waals surface area (Å²) < 4.78 is 12.9. The Morgan fingerprint density at radius 2 is 1.93 bits per heavy atom. The normalized spacial score (nSPS) is 14.7. The summed E-state index contributed by atoms with van der Waals surface area (Å²) in [5.41, 5.74) is 1.49. The van der Waals surface area contributed by atoms with Crippen molar-refractivity contribution in [2.24, 2.45) is 0 Å². The van der Waals surface area contributed by atoms with Crippen LogP contribution in [-0.4, -0.2) is 66.6 Å². The second-order valence-corrected chi connectivity index (χ2v) is 7.61. The molecule has 3 aromatic rings. The lowest BCUT2D eigenvalue weighted by Crippen LogP contribution is -2.41. The van der Waals surface area contributed by atoms with E-state index in [1.54, 1.807) is 12.1 Å². The summed E-state index contributed by atoms with van der Waals surface area (Å²) in [6.07, 6.45) is 1.94. The number of ether oxygens (including phenoxy) is 2. The first kappa shape index (κ1) is 20.7. The molecule has 1 aliphatic heterocycles. The number of carbonyl (C=O) groups is 1. The third kappa shape index (κ3) is 5.50. The van der Waals surface area contributed by atoms with Crippen molar-refractivity contribution in [3.05, 3.63) is 59.2 Å². The Morgan fingerprint density at radius 1 is 1.13 bits per heavy atom. The molecule has 0 aliphatic carbocycles. The molecule has 0 atom stereocenters. The molecule has 30 heavy (non-hydrogen) atoms. The van der Waals surface area contributed by atoms with Crippen LogP contribution in [0.5, 0.6) is 5.75 Å². The van der Waals surface area contributed by atoms with Gasteiger partial charge in [-0.05, 0) is 42.5 Å². The van der Waals surface area contributed by atoms with Gasteiger partial charge >= 0.3 is 0 Å². The van der Waals surface area contributed by atoms with Gasteiger partial charge in [0.05, 0.1) is 25.3 Å². The van der Waals surface area contributed by atoms with Crippen molar-refractivity contribution in [3.63, 3.8) is 0 Å². The Balaban J connectivity index is 1.29. The molecule has 1 aliphatic rings. The molecule has 0 saturated carbocycles. The van der Waals surface area contributed by atoms with Crippen LogP contribution in [0.1, 0.15) is 10.4 Å². The molecule has 8 heteroatoms. The van der Waals surface area contributed by atoms with Gasteiger partial charge in [-0.15, -0.1) is 0 Å². The average molecular weight is 429 g/mol. The molecule has 2 heterocycles. The number of fused-ring (bicyclic) bond motifs is 1. The SMILES string of the molecule is O=C(NCCN1CCOCC1)c1ccc2nn(CCOc3ccc(Cl)cc3)cc2c1. The second-order valence-electron chi connectivity index (χ2n) is 7.18. The highest BCUT2D eigenvalue weighted by atomic mass is 35.5. The van der Waals surface area contributed by atoms with Crippen LogP contribution in [-0.2, 0) is 11.3 Å². The first-order valence-corrected chi connectivity index (χ1v) is 10.5. The molecule has 2 aromatic carbocycles. The highest BCUT2D eigenvalue weighted by Crippen LogP contribution is 2.17. The minimum Gasteiger partial charge on any atom is -0.492 e. The molecule has 1 saturated heterocycles. The predicted octanol–water partition coefficient (Wildman–Crippen LogP) is 2.83. The topological polar surface area (TPSA) is 68.6 Å². The largest absolute Gasteiger partial charge is 0.492 e. The Bertz CT molecular complexity index is 984. The van der Waals surface area contributed by atoms with Gasteiger partial charge in [0, 0.05) is 48.3 Å². The van der Waals surface area contributed by atoms with Crippen LogP contribution in [0.3, 0.4) is 0 Å². The molecule has 4 rings (SSSR count). The summed E-state index contributed by atoms with van der Waals surface area (Å²) in [5, 5.41) is 9.16. The number of amides is 1. The van der Waals surface area contributed by atoms with Crippen LogP contribution in [0.2, 0.25) is 5.02 Å². The fourth-order valence-corrected chi connectivity index (χ4v) is 3.50. The van der Waals surface area contributed by atoms with Gasteiger partial charge < -0.3 is 14.8 Å². The molecule has 1 aromatic heterocycles. The van der Waals surface area contributed by atoms with Crippen molar-refractivity contribution < 1.29 is 14.3 Å². The van der Waals surface area contributed by atoms with E-state index in [2.05, 4.69) is 15.3 Å². The number of hydrogen-bond donors (Lipinski definition) is 1. The average Bonchev–Trinajstić information content (AvgIpc) is 3.18. The van der Waals surface area contributed by atoms with Crippen LogP contribution >= 0.6 is 11.6 Å². The fourth-order valence-electron chi connectivity index (χ4n) is 3.37. The van der Waals surface area contributed by atoms with Gasteiger partial charge in [-0.1, -0.05) is 11.6 Å². The van der Waals surface area contributed by atoms with Crippen molar-refractivity contribution in [1.82, 2.24) is 20.0 Å². The number of nitrogens with zero attached hydrogens (tertiary/aromatic N) is 3. The second kappa shape index (κ2) is 9.93. The number of carbonyl (C=O) groups excluding carboxylic acids is 1. The number of hydrogen-bond acceptors (Lipinski definition) is 5. The Morgan fingerprint density at radius 3 is 2.73 bits per heavy atom. The van der Waals surface area contributed by atoms with Crippen molar-refractivity contribution in [2.45, 2.75) is 6.54 Å². The third-order valence-corrected chi connectivity index (χ3v) is 5.29. The number of morpholine rings is 1. The summed E-state index contributed by atoms with van der Waals surface area (Å²) in [4.78, 5) is 14.8. The van der Waals surface area contributed by atoms with Gasteiger partial charge in [0.25, 0.3) is 5.91 Å². The van der Waals surface area contributed by atoms with E-state index >= 15 is 0 Å². The summed E-state index contributed by atoms with van der Waals surface area (Å²) in [7, 11) is 0. The van der Waals surface area contributed by atoms with Gasteiger partial charge in [0.2, 0.25) is 0 Å². The fraction of sp³-hybridized carbons (Fsp3) is 0.364. The van der Waals surface area contributed by atoms with E-state index in [4.69, 9.17) is 21.1 Å². The van der Waals surface area contributed by atoms with E-state index in [0.717, 1.165) is 49.5 Å². The molecule has 0 bridgehead atoms. The molecule has 0 radical (unpaired) electrons. The monoisotopic (exact) mass is 428 g/mol. The molecule has 1 N–H and O–H groups in total. The van der Waals surface area contributed by atoms with E-state index < -0.39 is 0 Å². The Labute approximate surface area is 180 Å². The van der Waals surface area contributed by atoms with Crippen molar-refractivity contribution in [1.29, 1.82) is 0 Å². The minimum absolute atomic E-state index is 0.0658. The molecule has 1 amide bonds. The molecule has 0 spiro atoms. The third-order valence-electron chi connectivity index (χ3n) is 5.03. The molecular formula is C22H25ClN4O3. The Hall–Kier alpha value is -2.61. The van der Waals surface area contributed by atoms with E-state index in [-0.39, 0.29) is 5.91 Å². The minimum atomic E-state index is -0.0658. The zero-order valence-electron chi connectivity index (χ0n) is 16.7. The quantitative estimate of drug-likeness (QED) is 0.597. The van der Waals surface area contributed by atoms with Gasteiger partial charge in [-0.3, -0.25) is 14.4 Å². The number of benzene rings is 2. The van der Waals surface area contributed by atoms with Crippen molar-refractivity contribution >= 4 is 28.4 Å². The lowest BCUT2D eigenvalue weighted by Gasteiger charge is -2.26. The van der Waals surface area contributed by atoms with Crippen LogP contribution in [0.4, 0.5) is 0 Å². The summed E-state index contributed by atoms with van der Waals surface area (Å²) in [6.45, 7) is 5.92. The maximum absolute atomic E-state index is 12.5. The summed E-state index contributed by atoms with van der Waals surface area (Å²) >= 11 is 5.88. The number of rotatable bonds is 8. The van der Waals surface area contributed by atoms with Gasteiger partial charge in [-0.25, -0.2) is 0 Å². The van der Waals surface area contributed by atoms with Crippen LogP contribution in [0.25, 0.3) is 10.9 Å². The van der Waals surface area contributed by atoms with Gasteiger partial charge in [-0.2, -0.15) is 5.10 Å². The molecular weight excluding hydrogens is 404 g/mol. The Kier molecular flexibility index (Phi) is 6.84.